The summed E-state index contributed by atoms with van der Waals surface area (Å²) in [4.78, 5) is 8.09. The Balaban J connectivity index is 2.69. The summed E-state index contributed by atoms with van der Waals surface area (Å²) < 4.78 is 0. The normalized spacial score (nSPS) is 11.6. The predicted molar refractivity (Wildman–Crippen MR) is 49.8 cm³/mol. The molecule has 0 aliphatic rings. The molecule has 0 aliphatic heterocycles. The molecule has 0 fully saturated rings. The van der Waals surface area contributed by atoms with Gasteiger partial charge in [0.25, 0.3) is 0 Å². The zero-order chi connectivity index (χ0) is 9.68. The lowest BCUT2D eigenvalue weighted by molar-refractivity contribution is 0.178. The Hall–Kier alpha value is -1.40. The van der Waals surface area contributed by atoms with E-state index in [4.69, 9.17) is 0 Å². The summed E-state index contributed by atoms with van der Waals surface area (Å²) in [6.07, 6.45) is 3.00. The van der Waals surface area contributed by atoms with Gasteiger partial charge in [-0.2, -0.15) is 0 Å². The number of hydrogen-bond donors (Lipinski definition) is 1. The molecule has 3 nitrogen and oxygen atoms in total. The maximum atomic E-state index is 9.54. The SMILES string of the molecule is CC#CCC(O)c1cnc(C)cn1. The van der Waals surface area contributed by atoms with Gasteiger partial charge < -0.3 is 5.11 Å². The Morgan fingerprint density at radius 1 is 1.46 bits per heavy atom. The Bertz CT molecular complexity index is 321. The maximum absolute atomic E-state index is 9.54. The van der Waals surface area contributed by atoms with E-state index in [1.807, 2.05) is 6.92 Å². The van der Waals surface area contributed by atoms with E-state index >= 15 is 0 Å². The monoisotopic (exact) mass is 176 g/mol. The standard InChI is InChI=1S/C10H12N2O/c1-3-4-5-10(13)9-7-11-8(2)6-12-9/h6-7,10,13H,5H2,1-2H3. The second-order valence-corrected chi connectivity index (χ2v) is 2.73. The van der Waals surface area contributed by atoms with E-state index in [1.54, 1.807) is 19.3 Å². The van der Waals surface area contributed by atoms with Crippen LogP contribution in [0.5, 0.6) is 0 Å². The predicted octanol–water partition coefficient (Wildman–Crippen LogP) is 1.23. The van der Waals surface area contributed by atoms with Crippen LogP contribution in [0, 0.1) is 18.8 Å². The zero-order valence-corrected chi connectivity index (χ0v) is 7.78. The van der Waals surface area contributed by atoms with Crippen molar-refractivity contribution in [1.82, 2.24) is 9.97 Å². The first kappa shape index (κ1) is 9.69. The van der Waals surface area contributed by atoms with Gasteiger partial charge in [0.05, 0.1) is 17.6 Å². The van der Waals surface area contributed by atoms with E-state index in [0.29, 0.717) is 12.1 Å². The van der Waals surface area contributed by atoms with Gasteiger partial charge in [0.15, 0.2) is 0 Å². The number of nitrogens with zero attached hydrogens (tertiary/aromatic N) is 2. The fraction of sp³-hybridized carbons (Fsp3) is 0.400. The molecule has 0 aromatic carbocycles. The number of rotatable bonds is 2. The summed E-state index contributed by atoms with van der Waals surface area (Å²) in [5, 5.41) is 9.54. The highest BCUT2D eigenvalue weighted by atomic mass is 16.3. The molecular formula is C10H12N2O. The third kappa shape index (κ3) is 2.85. The minimum absolute atomic E-state index is 0.411. The zero-order valence-electron chi connectivity index (χ0n) is 7.78. The summed E-state index contributed by atoms with van der Waals surface area (Å²) in [6.45, 7) is 3.60. The first-order chi connectivity index (χ1) is 6.24. The Morgan fingerprint density at radius 3 is 2.77 bits per heavy atom. The summed E-state index contributed by atoms with van der Waals surface area (Å²) >= 11 is 0. The number of aromatic nitrogens is 2. The lowest BCUT2D eigenvalue weighted by atomic mass is 10.2. The minimum Gasteiger partial charge on any atom is -0.386 e. The Morgan fingerprint density at radius 2 is 2.23 bits per heavy atom. The lowest BCUT2D eigenvalue weighted by Crippen LogP contribution is -2.00. The van der Waals surface area contributed by atoms with Gasteiger partial charge in [0.2, 0.25) is 0 Å². The highest BCUT2D eigenvalue weighted by molar-refractivity contribution is 5.07. The fourth-order valence-corrected chi connectivity index (χ4v) is 0.878. The molecule has 0 saturated heterocycles. The van der Waals surface area contributed by atoms with Gasteiger partial charge in [0.1, 0.15) is 6.10 Å². The van der Waals surface area contributed by atoms with Gasteiger partial charge in [0, 0.05) is 12.6 Å². The maximum Gasteiger partial charge on any atom is 0.108 e. The van der Waals surface area contributed by atoms with Gasteiger partial charge in [-0.3, -0.25) is 9.97 Å². The molecule has 0 amide bonds. The molecule has 0 aliphatic carbocycles. The van der Waals surface area contributed by atoms with E-state index in [9.17, 15) is 5.11 Å². The molecule has 1 heterocycles. The van der Waals surface area contributed by atoms with Crippen LogP contribution in [0.1, 0.15) is 30.8 Å². The second-order valence-electron chi connectivity index (χ2n) is 2.73. The molecule has 1 atom stereocenters. The van der Waals surface area contributed by atoms with Crippen molar-refractivity contribution in [2.24, 2.45) is 0 Å². The van der Waals surface area contributed by atoms with Crippen molar-refractivity contribution in [3.8, 4) is 11.8 Å². The topological polar surface area (TPSA) is 46.0 Å². The molecule has 68 valence electrons. The van der Waals surface area contributed by atoms with Gasteiger partial charge in [-0.25, -0.2) is 0 Å². The third-order valence-corrected chi connectivity index (χ3v) is 1.61. The quantitative estimate of drug-likeness (QED) is 0.689. The van der Waals surface area contributed by atoms with Crippen LogP contribution in [0.4, 0.5) is 0 Å². The van der Waals surface area contributed by atoms with Crippen molar-refractivity contribution in [2.45, 2.75) is 26.4 Å². The molecule has 1 aromatic heterocycles. The van der Waals surface area contributed by atoms with Crippen LogP contribution in [0.2, 0.25) is 0 Å². The number of aliphatic hydroxyl groups is 1. The van der Waals surface area contributed by atoms with Gasteiger partial charge in [-0.05, 0) is 13.8 Å². The molecule has 1 aromatic rings. The van der Waals surface area contributed by atoms with Crippen molar-refractivity contribution in [1.29, 1.82) is 0 Å². The summed E-state index contributed by atoms with van der Waals surface area (Å²) in [6, 6.07) is 0. The van der Waals surface area contributed by atoms with E-state index in [-0.39, 0.29) is 0 Å². The van der Waals surface area contributed by atoms with Crippen LogP contribution in [0.25, 0.3) is 0 Å². The van der Waals surface area contributed by atoms with Crippen LogP contribution < -0.4 is 0 Å². The highest BCUT2D eigenvalue weighted by Crippen LogP contribution is 2.11. The molecule has 1 unspecified atom stereocenters. The highest BCUT2D eigenvalue weighted by Gasteiger charge is 2.06. The van der Waals surface area contributed by atoms with Crippen LogP contribution >= 0.6 is 0 Å². The number of aryl methyl sites for hydroxylation is 1. The third-order valence-electron chi connectivity index (χ3n) is 1.61. The van der Waals surface area contributed by atoms with Gasteiger partial charge >= 0.3 is 0 Å². The lowest BCUT2D eigenvalue weighted by Gasteiger charge is -2.04. The average Bonchev–Trinajstić information content (AvgIpc) is 2.15. The average molecular weight is 176 g/mol. The largest absolute Gasteiger partial charge is 0.386 e. The van der Waals surface area contributed by atoms with E-state index in [0.717, 1.165) is 5.69 Å². The minimum atomic E-state index is -0.624. The van der Waals surface area contributed by atoms with Crippen LogP contribution in [-0.4, -0.2) is 15.1 Å². The van der Waals surface area contributed by atoms with Crippen molar-refractivity contribution in [3.63, 3.8) is 0 Å². The molecule has 0 spiro atoms. The molecule has 13 heavy (non-hydrogen) atoms. The first-order valence-electron chi connectivity index (χ1n) is 4.10. The van der Waals surface area contributed by atoms with Crippen molar-refractivity contribution in [3.05, 3.63) is 23.8 Å². The van der Waals surface area contributed by atoms with Gasteiger partial charge in [-0.1, -0.05) is 0 Å². The van der Waals surface area contributed by atoms with Crippen LogP contribution in [-0.2, 0) is 0 Å². The number of hydrogen-bond acceptors (Lipinski definition) is 3. The fourth-order valence-electron chi connectivity index (χ4n) is 0.878. The van der Waals surface area contributed by atoms with E-state index in [2.05, 4.69) is 21.8 Å². The smallest absolute Gasteiger partial charge is 0.108 e. The first-order valence-corrected chi connectivity index (χ1v) is 4.10. The van der Waals surface area contributed by atoms with Crippen LogP contribution in [0.15, 0.2) is 12.4 Å². The van der Waals surface area contributed by atoms with E-state index in [1.165, 1.54) is 0 Å². The van der Waals surface area contributed by atoms with Crippen molar-refractivity contribution >= 4 is 0 Å². The molecule has 0 radical (unpaired) electrons. The van der Waals surface area contributed by atoms with Gasteiger partial charge in [-0.15, -0.1) is 11.8 Å². The Kier molecular flexibility index (Phi) is 3.41. The van der Waals surface area contributed by atoms with Crippen molar-refractivity contribution in [2.75, 3.05) is 0 Å². The Labute approximate surface area is 77.9 Å². The molecule has 1 rings (SSSR count). The summed E-state index contributed by atoms with van der Waals surface area (Å²) in [7, 11) is 0. The molecule has 0 bridgehead atoms. The second kappa shape index (κ2) is 4.58. The number of aliphatic hydroxyl groups excluding tert-OH is 1. The molecule has 3 heteroatoms. The molecule has 1 N–H and O–H groups in total. The summed E-state index contributed by atoms with van der Waals surface area (Å²) in [5.74, 6) is 5.51. The van der Waals surface area contributed by atoms with Crippen LogP contribution in [0.3, 0.4) is 0 Å². The molecular weight excluding hydrogens is 164 g/mol. The molecule has 0 saturated carbocycles. The van der Waals surface area contributed by atoms with Crippen molar-refractivity contribution < 1.29 is 5.11 Å². The van der Waals surface area contributed by atoms with E-state index < -0.39 is 6.10 Å². The summed E-state index contributed by atoms with van der Waals surface area (Å²) in [5.41, 5.74) is 1.42.